The molecule has 0 saturated carbocycles. The van der Waals surface area contributed by atoms with Crippen LogP contribution < -0.4 is 16.0 Å². The molecule has 0 aliphatic heterocycles. The van der Waals surface area contributed by atoms with Gasteiger partial charge < -0.3 is 16.0 Å². The van der Waals surface area contributed by atoms with Gasteiger partial charge in [0.25, 0.3) is 0 Å². The van der Waals surface area contributed by atoms with E-state index in [-0.39, 0.29) is 24.1 Å². The van der Waals surface area contributed by atoms with E-state index in [4.69, 9.17) is 5.73 Å². The van der Waals surface area contributed by atoms with Crippen LogP contribution in [0.2, 0.25) is 0 Å². The predicted molar refractivity (Wildman–Crippen MR) is 146 cm³/mol. The van der Waals surface area contributed by atoms with Crippen LogP contribution in [-0.2, 0) is 6.18 Å². The number of aromatic nitrogens is 2. The van der Waals surface area contributed by atoms with E-state index in [1.165, 1.54) is 19.1 Å². The normalized spacial score (nSPS) is 13.8. The molecule has 1 heterocycles. The summed E-state index contributed by atoms with van der Waals surface area (Å²) in [4.78, 5) is 10.9. The second-order valence-electron chi connectivity index (χ2n) is 8.39. The first kappa shape index (κ1) is 36.0. The number of hydrogen-bond donors (Lipinski definition) is 2. The third kappa shape index (κ3) is 13.6. The lowest BCUT2D eigenvalue weighted by Gasteiger charge is -2.21. The molecule has 1 unspecified atom stereocenters. The summed E-state index contributed by atoms with van der Waals surface area (Å²) >= 11 is 0. The van der Waals surface area contributed by atoms with Gasteiger partial charge in [-0.25, -0.2) is 9.97 Å². The minimum absolute atomic E-state index is 0.00340. The molecular weight excluding hydrogens is 522 g/mol. The van der Waals surface area contributed by atoms with E-state index in [1.54, 1.807) is 22.0 Å². The van der Waals surface area contributed by atoms with Gasteiger partial charge in [-0.1, -0.05) is 50.5 Å². The third-order valence-corrected chi connectivity index (χ3v) is 5.21. The number of rotatable bonds is 13. The third-order valence-electron chi connectivity index (χ3n) is 5.21. The Morgan fingerprint density at radius 1 is 1.18 bits per heavy atom. The molecule has 1 aromatic rings. The summed E-state index contributed by atoms with van der Waals surface area (Å²) in [7, 11) is 3.62. The molecule has 0 bridgehead atoms. The number of alkyl halides is 6. The molecule has 0 aliphatic carbocycles. The molecule has 0 amide bonds. The molecule has 0 radical (unpaired) electrons. The molecule has 0 aliphatic rings. The number of halogens is 6. The molecule has 0 aromatic carbocycles. The van der Waals surface area contributed by atoms with Gasteiger partial charge in [0, 0.05) is 25.8 Å². The predicted octanol–water partition coefficient (Wildman–Crippen LogP) is 5.89. The van der Waals surface area contributed by atoms with Crippen molar-refractivity contribution in [2.24, 2.45) is 5.73 Å². The lowest BCUT2D eigenvalue weighted by Crippen LogP contribution is -2.34. The molecule has 0 spiro atoms. The van der Waals surface area contributed by atoms with Crippen molar-refractivity contribution < 1.29 is 26.3 Å². The fourth-order valence-electron chi connectivity index (χ4n) is 3.03. The highest BCUT2D eigenvalue weighted by atomic mass is 19.4. The van der Waals surface area contributed by atoms with Gasteiger partial charge >= 0.3 is 12.4 Å². The number of nitrogens with two attached hydrogens (primary N) is 1. The molecule has 1 aromatic heterocycles. The van der Waals surface area contributed by atoms with Crippen LogP contribution in [0.5, 0.6) is 0 Å². The second-order valence-corrected chi connectivity index (χ2v) is 8.39. The smallest absolute Gasteiger partial charge is 0.340 e. The van der Waals surface area contributed by atoms with Crippen LogP contribution in [0.25, 0.3) is 0 Å². The zero-order valence-electron chi connectivity index (χ0n) is 23.2. The van der Waals surface area contributed by atoms with Gasteiger partial charge in [-0.2, -0.15) is 26.3 Å². The fraction of sp³-hybridized carbons (Fsp3) is 0.481. The average Bonchev–Trinajstić information content (AvgIpc) is 2.86. The molecule has 0 saturated heterocycles. The van der Waals surface area contributed by atoms with Crippen LogP contribution in [0.15, 0.2) is 72.5 Å². The number of nitrogens with zero attached hydrogens (tertiary/aromatic N) is 4. The minimum Gasteiger partial charge on any atom is -0.340 e. The quantitative estimate of drug-likeness (QED) is 0.103. The zero-order valence-corrected chi connectivity index (χ0v) is 23.2. The average molecular weight is 563 g/mol. The van der Waals surface area contributed by atoms with Crippen LogP contribution in [-0.4, -0.2) is 67.5 Å². The van der Waals surface area contributed by atoms with Gasteiger partial charge in [-0.05, 0) is 58.1 Å². The van der Waals surface area contributed by atoms with Crippen molar-refractivity contribution in [1.82, 2.24) is 20.2 Å². The Morgan fingerprint density at radius 3 is 2.28 bits per heavy atom. The van der Waals surface area contributed by atoms with Crippen molar-refractivity contribution in [2.75, 3.05) is 45.2 Å². The largest absolute Gasteiger partial charge is 0.433 e. The van der Waals surface area contributed by atoms with Gasteiger partial charge in [0.15, 0.2) is 0 Å². The highest BCUT2D eigenvalue weighted by Gasteiger charge is 2.34. The second kappa shape index (κ2) is 17.6. The molecule has 220 valence electrons. The van der Waals surface area contributed by atoms with Crippen molar-refractivity contribution in [2.45, 2.75) is 45.7 Å². The van der Waals surface area contributed by atoms with Crippen molar-refractivity contribution in [3.63, 3.8) is 0 Å². The van der Waals surface area contributed by atoms with Gasteiger partial charge in [-0.15, -0.1) is 0 Å². The number of allylic oxidation sites excluding steroid dienone is 7. The summed E-state index contributed by atoms with van der Waals surface area (Å²) in [5.74, 6) is 0.116. The van der Waals surface area contributed by atoms with Gasteiger partial charge in [0.2, 0.25) is 5.95 Å². The zero-order chi connectivity index (χ0) is 30.2. The Bertz CT molecular complexity index is 980. The number of hydrogen-bond acceptors (Lipinski definition) is 6. The van der Waals surface area contributed by atoms with Crippen LogP contribution in [0.1, 0.15) is 32.9 Å². The van der Waals surface area contributed by atoms with E-state index in [0.717, 1.165) is 24.9 Å². The molecule has 6 nitrogen and oxygen atoms in total. The first-order valence-corrected chi connectivity index (χ1v) is 12.3. The Labute approximate surface area is 227 Å². The first-order valence-electron chi connectivity index (χ1n) is 12.3. The highest BCUT2D eigenvalue weighted by Crippen LogP contribution is 2.33. The van der Waals surface area contributed by atoms with E-state index >= 15 is 0 Å². The maximum Gasteiger partial charge on any atom is 0.433 e. The van der Waals surface area contributed by atoms with Crippen molar-refractivity contribution in [3.8, 4) is 0 Å². The molecular formula is C27H40F6N6. The highest BCUT2D eigenvalue weighted by molar-refractivity contribution is 5.48. The van der Waals surface area contributed by atoms with Crippen LogP contribution in [0.4, 0.5) is 32.3 Å². The van der Waals surface area contributed by atoms with Gasteiger partial charge in [-0.3, -0.25) is 4.90 Å². The Morgan fingerprint density at radius 2 is 1.82 bits per heavy atom. The van der Waals surface area contributed by atoms with Gasteiger partial charge in [0.1, 0.15) is 5.69 Å². The van der Waals surface area contributed by atoms with E-state index in [1.807, 2.05) is 27.9 Å². The van der Waals surface area contributed by atoms with Crippen LogP contribution in [0.3, 0.4) is 0 Å². The van der Waals surface area contributed by atoms with Gasteiger partial charge in [0.05, 0.1) is 11.7 Å². The van der Waals surface area contributed by atoms with E-state index in [0.29, 0.717) is 25.2 Å². The molecule has 1 atom stereocenters. The standard InChI is InChI=1S/C16H23F3N2.C11H17F3N4/c1-6-9-14(16(17,18)19)13(7-2)12(3)10-8-11-15(20)21(4)5;1-3-15-7-8-18(4-2)10-16-6-5-9(17-10)11(12,13)14/h6-9,11,15H,2-3,10,20H2,1,4-5H3;5-6,15H,3-4,7-8H2,1-2H3/b9-6-,11-8?,14-13-;. The van der Waals surface area contributed by atoms with Crippen molar-refractivity contribution in [1.29, 1.82) is 0 Å². The summed E-state index contributed by atoms with van der Waals surface area (Å²) < 4.78 is 76.6. The Balaban J connectivity index is 0.000000748. The monoisotopic (exact) mass is 562 g/mol. The van der Waals surface area contributed by atoms with Crippen LogP contribution in [0, 0.1) is 0 Å². The summed E-state index contributed by atoms with van der Waals surface area (Å²) in [5.41, 5.74) is 4.47. The molecule has 3 N–H and O–H groups in total. The summed E-state index contributed by atoms with van der Waals surface area (Å²) in [6.07, 6.45) is -0.760. The van der Waals surface area contributed by atoms with Crippen LogP contribution >= 0.6 is 0 Å². The summed E-state index contributed by atoms with van der Waals surface area (Å²) in [5, 5.41) is 3.11. The first-order chi connectivity index (χ1) is 18.1. The number of likely N-dealkylation sites (N-methyl/N-ethyl adjacent to an activating group) is 3. The van der Waals surface area contributed by atoms with E-state index < -0.39 is 23.6 Å². The topological polar surface area (TPSA) is 70.3 Å². The fourth-order valence-corrected chi connectivity index (χ4v) is 3.03. The molecule has 1 rings (SSSR count). The molecule has 39 heavy (non-hydrogen) atoms. The maximum atomic E-state index is 13.0. The molecule has 0 fully saturated rings. The lowest BCUT2D eigenvalue weighted by molar-refractivity contribution is -0.141. The van der Waals surface area contributed by atoms with E-state index in [9.17, 15) is 26.3 Å². The lowest BCUT2D eigenvalue weighted by atomic mass is 9.97. The Hall–Kier alpha value is -2.96. The van der Waals surface area contributed by atoms with E-state index in [2.05, 4.69) is 28.4 Å². The number of anilines is 1. The SMILES string of the molecule is C=C/C(C(=C)CC=CC(N)N(C)C)=C(\C=C/C)C(F)(F)F.CCNCCN(CC)c1nccc(C(F)(F)F)n1. The van der Waals surface area contributed by atoms with Crippen molar-refractivity contribution >= 4 is 5.95 Å². The van der Waals surface area contributed by atoms with Crippen molar-refractivity contribution in [3.05, 3.63) is 78.2 Å². The number of nitrogens with one attached hydrogen (secondary N) is 1. The minimum atomic E-state index is -4.44. The Kier molecular flexibility index (Phi) is 16.3. The maximum absolute atomic E-state index is 13.0. The molecule has 12 heteroatoms. The summed E-state index contributed by atoms with van der Waals surface area (Å²) in [6, 6.07) is 0.877. The summed E-state index contributed by atoms with van der Waals surface area (Å²) in [6.45, 7) is 15.2.